The number of esters is 1. The molecule has 1 aromatic carbocycles. The van der Waals surface area contributed by atoms with Crippen LogP contribution in [0.15, 0.2) is 30.3 Å². The smallest absolute Gasteiger partial charge is 0.335 e. The van der Waals surface area contributed by atoms with Crippen molar-refractivity contribution in [2.45, 2.75) is 46.8 Å². The molecule has 170 valence electrons. The zero-order chi connectivity index (χ0) is 22.9. The first-order valence-electron chi connectivity index (χ1n) is 9.97. The molecule has 0 aliphatic carbocycles. The summed E-state index contributed by atoms with van der Waals surface area (Å²) in [5.74, 6) is -2.14. The Hall–Kier alpha value is -1.97. The van der Waals surface area contributed by atoms with Gasteiger partial charge in [0.25, 0.3) is 0 Å². The van der Waals surface area contributed by atoms with E-state index in [1.165, 1.54) is 7.11 Å². The van der Waals surface area contributed by atoms with Gasteiger partial charge >= 0.3 is 5.97 Å². The van der Waals surface area contributed by atoms with E-state index in [0.29, 0.717) is 6.42 Å². The van der Waals surface area contributed by atoms with Gasteiger partial charge in [-0.15, -0.1) is 4.41 Å². The summed E-state index contributed by atoms with van der Waals surface area (Å²) in [6, 6.07) is 9.25. The van der Waals surface area contributed by atoms with Crippen LogP contribution in [0.2, 0.25) is 0 Å². The number of carbonyl (C=O) groups is 2. The number of hydrogen-bond donors (Lipinski definition) is 1. The molecule has 0 heterocycles. The molecule has 0 aliphatic rings. The molecular weight excluding hydrogens is 408 g/mol. The molecule has 8 nitrogen and oxygen atoms in total. The molecular formula is C21H34N2O6S. The van der Waals surface area contributed by atoms with Crippen LogP contribution in [0.25, 0.3) is 0 Å². The van der Waals surface area contributed by atoms with Crippen molar-refractivity contribution < 1.29 is 27.5 Å². The summed E-state index contributed by atoms with van der Waals surface area (Å²) in [5, 5.41) is 0. The van der Waals surface area contributed by atoms with Gasteiger partial charge in [0.15, 0.2) is 6.10 Å². The molecule has 0 saturated carbocycles. The fourth-order valence-corrected chi connectivity index (χ4v) is 3.73. The number of rotatable bonds is 12. The van der Waals surface area contributed by atoms with E-state index in [1.807, 2.05) is 58.0 Å². The van der Waals surface area contributed by atoms with Crippen molar-refractivity contribution in [3.63, 3.8) is 0 Å². The highest BCUT2D eigenvalue weighted by atomic mass is 32.2. The molecule has 0 aliphatic heterocycles. The lowest BCUT2D eigenvalue weighted by Gasteiger charge is -2.29. The van der Waals surface area contributed by atoms with Crippen molar-refractivity contribution >= 4 is 21.9 Å². The van der Waals surface area contributed by atoms with E-state index in [0.717, 1.165) is 16.2 Å². The van der Waals surface area contributed by atoms with Crippen LogP contribution >= 0.6 is 0 Å². The van der Waals surface area contributed by atoms with Gasteiger partial charge in [-0.25, -0.2) is 13.2 Å². The highest BCUT2D eigenvalue weighted by Gasteiger charge is 2.37. The molecule has 9 heteroatoms. The first-order valence-corrected chi connectivity index (χ1v) is 11.8. The number of amides is 1. The summed E-state index contributed by atoms with van der Waals surface area (Å²) < 4.78 is 35.8. The van der Waals surface area contributed by atoms with Crippen molar-refractivity contribution in [2.75, 3.05) is 19.9 Å². The van der Waals surface area contributed by atoms with Gasteiger partial charge in [0.1, 0.15) is 0 Å². The van der Waals surface area contributed by atoms with Crippen LogP contribution in [-0.2, 0) is 35.7 Å². The number of nitrogens with zero attached hydrogens (tertiary/aromatic N) is 1. The summed E-state index contributed by atoms with van der Waals surface area (Å²) in [5.41, 5.74) is 3.31. The topological polar surface area (TPSA) is 102 Å². The number of methoxy groups -OCH3 is 1. The largest absolute Gasteiger partial charge is 0.467 e. The normalized spacial score (nSPS) is 14.0. The molecule has 1 rings (SSSR count). The highest BCUT2D eigenvalue weighted by molar-refractivity contribution is 7.88. The molecule has 1 aromatic rings. The van der Waals surface area contributed by atoms with Crippen molar-refractivity contribution in [1.29, 1.82) is 0 Å². The van der Waals surface area contributed by atoms with E-state index in [9.17, 15) is 18.0 Å². The quantitative estimate of drug-likeness (QED) is 0.394. The fourth-order valence-electron chi connectivity index (χ4n) is 2.90. The monoisotopic (exact) mass is 442 g/mol. The minimum atomic E-state index is -3.68. The second-order valence-electron chi connectivity index (χ2n) is 8.14. The van der Waals surface area contributed by atoms with E-state index in [2.05, 4.69) is 5.43 Å². The van der Waals surface area contributed by atoms with E-state index in [4.69, 9.17) is 9.47 Å². The van der Waals surface area contributed by atoms with Gasteiger partial charge in [-0.3, -0.25) is 10.2 Å². The number of nitrogens with one attached hydrogen (secondary N) is 1. The van der Waals surface area contributed by atoms with Crippen LogP contribution in [0.4, 0.5) is 0 Å². The fraction of sp³-hybridized carbons (Fsp3) is 0.619. The number of benzene rings is 1. The minimum absolute atomic E-state index is 0.00527. The third kappa shape index (κ3) is 8.81. The second-order valence-corrected chi connectivity index (χ2v) is 10.0. The molecule has 1 N–H and O–H groups in total. The molecule has 0 aromatic heterocycles. The molecule has 30 heavy (non-hydrogen) atoms. The van der Waals surface area contributed by atoms with Gasteiger partial charge in [0.05, 0.1) is 25.9 Å². The van der Waals surface area contributed by atoms with E-state index < -0.39 is 33.9 Å². The second kappa shape index (κ2) is 12.0. The molecule has 0 fully saturated rings. The van der Waals surface area contributed by atoms with Gasteiger partial charge in [-0.2, -0.15) is 0 Å². The molecule has 0 radical (unpaired) electrons. The Morgan fingerprint density at radius 2 is 1.67 bits per heavy atom. The Bertz CT molecular complexity index is 780. The summed E-state index contributed by atoms with van der Waals surface area (Å²) in [7, 11) is -2.45. The van der Waals surface area contributed by atoms with Crippen LogP contribution in [0, 0.1) is 17.8 Å². The predicted octanol–water partition coefficient (Wildman–Crippen LogP) is 2.36. The van der Waals surface area contributed by atoms with Crippen LogP contribution in [-0.4, -0.2) is 50.7 Å². The zero-order valence-corrected chi connectivity index (χ0v) is 19.4. The van der Waals surface area contributed by atoms with Crippen LogP contribution in [0.5, 0.6) is 0 Å². The Morgan fingerprint density at radius 3 is 2.13 bits per heavy atom. The lowest BCUT2D eigenvalue weighted by atomic mass is 9.91. The number of ether oxygens (including phenoxy) is 2. The third-order valence-corrected chi connectivity index (χ3v) is 5.34. The van der Waals surface area contributed by atoms with Crippen molar-refractivity contribution in [3.8, 4) is 0 Å². The average molecular weight is 443 g/mol. The van der Waals surface area contributed by atoms with Crippen LogP contribution < -0.4 is 5.43 Å². The summed E-state index contributed by atoms with van der Waals surface area (Å²) >= 11 is 0. The summed E-state index contributed by atoms with van der Waals surface area (Å²) in [6.45, 7) is 7.74. The van der Waals surface area contributed by atoms with Crippen molar-refractivity contribution in [2.24, 2.45) is 17.8 Å². The van der Waals surface area contributed by atoms with Crippen molar-refractivity contribution in [1.82, 2.24) is 9.84 Å². The lowest BCUT2D eigenvalue weighted by Crippen LogP contribution is -2.52. The van der Waals surface area contributed by atoms with Gasteiger partial charge in [0.2, 0.25) is 15.9 Å². The number of hydrazine groups is 1. The SMILES string of the molecule is COC(=O)[C@@H](OCc1ccccc1)[C@@H](CC(C)C)C(=O)NN(CC(C)C)S(C)(=O)=O. The van der Waals surface area contributed by atoms with E-state index >= 15 is 0 Å². The Balaban J connectivity index is 3.12. The maximum atomic E-state index is 13.1. The minimum Gasteiger partial charge on any atom is -0.467 e. The first kappa shape index (κ1) is 26.1. The van der Waals surface area contributed by atoms with Crippen LogP contribution in [0.3, 0.4) is 0 Å². The number of hydrogen-bond acceptors (Lipinski definition) is 6. The standard InChI is InChI=1S/C21H34N2O6S/c1-15(2)12-18(20(24)22-23(13-16(3)4)30(6,26)27)19(21(25)28-5)29-14-17-10-8-7-9-11-17/h7-11,15-16,18-19H,12-14H2,1-6H3,(H,22,24)/t18-,19+/m1/s1. The van der Waals surface area contributed by atoms with Crippen LogP contribution in [0.1, 0.15) is 39.7 Å². The van der Waals surface area contributed by atoms with Gasteiger partial charge in [-0.1, -0.05) is 58.0 Å². The van der Waals surface area contributed by atoms with Crippen molar-refractivity contribution in [3.05, 3.63) is 35.9 Å². The first-order chi connectivity index (χ1) is 14.0. The molecule has 1 amide bonds. The Morgan fingerprint density at radius 1 is 1.07 bits per heavy atom. The molecule has 0 saturated heterocycles. The molecule has 0 unspecified atom stereocenters. The Labute approximate surface area is 179 Å². The number of sulfonamides is 1. The lowest BCUT2D eigenvalue weighted by molar-refractivity contribution is -0.164. The maximum Gasteiger partial charge on any atom is 0.335 e. The highest BCUT2D eigenvalue weighted by Crippen LogP contribution is 2.22. The Kier molecular flexibility index (Phi) is 10.4. The van der Waals surface area contributed by atoms with E-state index in [1.54, 1.807) is 0 Å². The third-order valence-electron chi connectivity index (χ3n) is 4.30. The van der Waals surface area contributed by atoms with Gasteiger partial charge in [-0.05, 0) is 23.8 Å². The van der Waals surface area contributed by atoms with Gasteiger partial charge in [0, 0.05) is 6.54 Å². The summed E-state index contributed by atoms with van der Waals surface area (Å²) in [4.78, 5) is 25.5. The maximum absolute atomic E-state index is 13.1. The predicted molar refractivity (Wildman–Crippen MR) is 115 cm³/mol. The molecule has 0 spiro atoms. The molecule has 2 atom stereocenters. The van der Waals surface area contributed by atoms with Gasteiger partial charge < -0.3 is 9.47 Å². The molecule has 0 bridgehead atoms. The van der Waals surface area contributed by atoms with E-state index in [-0.39, 0.29) is 25.0 Å². The zero-order valence-electron chi connectivity index (χ0n) is 18.6. The summed E-state index contributed by atoms with van der Waals surface area (Å²) in [6.07, 6.45) is 0.175. The number of carbonyl (C=O) groups excluding carboxylic acids is 2. The average Bonchev–Trinajstić information content (AvgIpc) is 2.65.